The van der Waals surface area contributed by atoms with Gasteiger partial charge in [-0.05, 0) is 32.2 Å². The standard InChI is InChI=1S/C20H19N5OS2/c1-12-14-10-16(27-19(14)25(23-12)13-6-4-3-5-7-13)18(26)22-20-21-15-8-9-24(2)11-17(15)28-20/h3-7,10H,8-9,11H2,1-2H3,(H,21,22,26). The fourth-order valence-corrected chi connectivity index (χ4v) is 5.60. The van der Waals surface area contributed by atoms with Gasteiger partial charge in [0, 0.05) is 29.8 Å². The fourth-order valence-electron chi connectivity index (χ4n) is 3.44. The highest BCUT2D eigenvalue weighted by molar-refractivity contribution is 7.20. The third-order valence-corrected chi connectivity index (χ3v) is 7.02. The number of carbonyl (C=O) groups is 1. The Hall–Kier alpha value is -2.55. The molecular formula is C20H19N5OS2. The number of nitrogens with one attached hydrogen (secondary N) is 1. The van der Waals surface area contributed by atoms with Crippen molar-refractivity contribution < 1.29 is 4.79 Å². The average Bonchev–Trinajstić information content (AvgIpc) is 3.36. The van der Waals surface area contributed by atoms with Gasteiger partial charge in [-0.2, -0.15) is 5.10 Å². The maximum Gasteiger partial charge on any atom is 0.267 e. The molecule has 0 atom stereocenters. The molecule has 28 heavy (non-hydrogen) atoms. The van der Waals surface area contributed by atoms with Crippen molar-refractivity contribution in [3.05, 3.63) is 57.5 Å². The lowest BCUT2D eigenvalue weighted by atomic mass is 10.2. The van der Waals surface area contributed by atoms with Gasteiger partial charge < -0.3 is 4.90 Å². The van der Waals surface area contributed by atoms with Crippen molar-refractivity contribution in [1.29, 1.82) is 0 Å². The summed E-state index contributed by atoms with van der Waals surface area (Å²) < 4.78 is 1.91. The molecule has 5 rings (SSSR count). The second kappa shape index (κ2) is 6.80. The largest absolute Gasteiger partial charge is 0.301 e. The number of benzene rings is 1. The van der Waals surface area contributed by atoms with E-state index in [1.54, 1.807) is 11.3 Å². The molecule has 1 aromatic carbocycles. The first-order chi connectivity index (χ1) is 13.6. The molecule has 0 saturated carbocycles. The van der Waals surface area contributed by atoms with E-state index in [0.29, 0.717) is 10.0 Å². The van der Waals surface area contributed by atoms with Crippen LogP contribution in [0.5, 0.6) is 0 Å². The molecule has 1 N–H and O–H groups in total. The number of carbonyl (C=O) groups excluding carboxylic acids is 1. The second-order valence-electron chi connectivity index (χ2n) is 6.99. The number of fused-ring (bicyclic) bond motifs is 2. The minimum absolute atomic E-state index is 0.111. The second-order valence-corrected chi connectivity index (χ2v) is 9.11. The summed E-state index contributed by atoms with van der Waals surface area (Å²) in [5.41, 5.74) is 3.03. The van der Waals surface area contributed by atoms with Crippen LogP contribution in [0.1, 0.15) is 25.9 Å². The Morgan fingerprint density at radius 1 is 1.21 bits per heavy atom. The Morgan fingerprint density at radius 3 is 2.86 bits per heavy atom. The predicted molar refractivity (Wildman–Crippen MR) is 114 cm³/mol. The van der Waals surface area contributed by atoms with Crippen molar-refractivity contribution in [2.45, 2.75) is 19.9 Å². The van der Waals surface area contributed by atoms with E-state index < -0.39 is 0 Å². The summed E-state index contributed by atoms with van der Waals surface area (Å²) in [4.78, 5) is 22.6. The van der Waals surface area contributed by atoms with Crippen molar-refractivity contribution in [1.82, 2.24) is 19.7 Å². The third-order valence-electron chi connectivity index (χ3n) is 4.91. The third kappa shape index (κ3) is 3.03. The van der Waals surface area contributed by atoms with Gasteiger partial charge in [-0.3, -0.25) is 10.1 Å². The Labute approximate surface area is 170 Å². The molecule has 0 spiro atoms. The predicted octanol–water partition coefficient (Wildman–Crippen LogP) is 4.09. The van der Waals surface area contributed by atoms with Crippen LogP contribution in [0.2, 0.25) is 0 Å². The number of para-hydroxylation sites is 1. The van der Waals surface area contributed by atoms with Crippen LogP contribution < -0.4 is 5.32 Å². The van der Waals surface area contributed by atoms with Crippen LogP contribution in [0.4, 0.5) is 5.13 Å². The van der Waals surface area contributed by atoms with Crippen LogP contribution in [0.3, 0.4) is 0 Å². The van der Waals surface area contributed by atoms with Gasteiger partial charge in [-0.25, -0.2) is 9.67 Å². The van der Waals surface area contributed by atoms with Crippen molar-refractivity contribution in [3.8, 4) is 5.69 Å². The van der Waals surface area contributed by atoms with E-state index in [-0.39, 0.29) is 5.91 Å². The maximum atomic E-state index is 12.8. The highest BCUT2D eigenvalue weighted by Gasteiger charge is 2.21. The molecule has 8 heteroatoms. The number of nitrogens with zero attached hydrogens (tertiary/aromatic N) is 4. The average molecular weight is 410 g/mol. The number of hydrogen-bond donors (Lipinski definition) is 1. The molecular weight excluding hydrogens is 390 g/mol. The van der Waals surface area contributed by atoms with E-state index in [4.69, 9.17) is 0 Å². The number of rotatable bonds is 3. The quantitative estimate of drug-likeness (QED) is 0.554. The van der Waals surface area contributed by atoms with Crippen molar-refractivity contribution in [2.24, 2.45) is 0 Å². The molecule has 1 amide bonds. The van der Waals surface area contributed by atoms with Crippen molar-refractivity contribution >= 4 is 43.9 Å². The summed E-state index contributed by atoms with van der Waals surface area (Å²) in [6.45, 7) is 3.88. The minimum atomic E-state index is -0.111. The van der Waals surface area contributed by atoms with Crippen molar-refractivity contribution in [2.75, 3.05) is 18.9 Å². The van der Waals surface area contributed by atoms with Crippen LogP contribution in [-0.2, 0) is 13.0 Å². The van der Waals surface area contributed by atoms with Crippen molar-refractivity contribution in [3.63, 3.8) is 0 Å². The van der Waals surface area contributed by atoms with Crippen LogP contribution in [0.15, 0.2) is 36.4 Å². The lowest BCUT2D eigenvalue weighted by molar-refractivity contribution is 0.103. The normalized spacial score (nSPS) is 14.4. The SMILES string of the molecule is Cc1nn(-c2ccccc2)c2sc(C(=O)Nc3nc4c(s3)CN(C)CC4)cc12. The zero-order chi connectivity index (χ0) is 19.3. The summed E-state index contributed by atoms with van der Waals surface area (Å²) in [6, 6.07) is 11.9. The Bertz CT molecular complexity index is 1170. The first-order valence-electron chi connectivity index (χ1n) is 9.11. The van der Waals surface area contributed by atoms with E-state index >= 15 is 0 Å². The van der Waals surface area contributed by atoms with Gasteiger partial charge in [0.1, 0.15) is 4.83 Å². The van der Waals surface area contributed by atoms with E-state index in [9.17, 15) is 4.79 Å². The number of anilines is 1. The number of aryl methyl sites for hydroxylation is 1. The molecule has 142 valence electrons. The van der Waals surface area contributed by atoms with Gasteiger partial charge in [0.25, 0.3) is 5.91 Å². The zero-order valence-electron chi connectivity index (χ0n) is 15.6. The topological polar surface area (TPSA) is 63.1 Å². The molecule has 0 fully saturated rings. The van der Waals surface area contributed by atoms with Gasteiger partial charge in [-0.1, -0.05) is 18.2 Å². The number of likely N-dealkylation sites (N-methyl/N-ethyl adjacent to an activating group) is 1. The van der Waals surface area contributed by atoms with Crippen LogP contribution in [0.25, 0.3) is 15.9 Å². The molecule has 4 heterocycles. The zero-order valence-corrected chi connectivity index (χ0v) is 17.2. The van der Waals surface area contributed by atoms with Gasteiger partial charge in [-0.15, -0.1) is 22.7 Å². The highest BCUT2D eigenvalue weighted by atomic mass is 32.1. The summed E-state index contributed by atoms with van der Waals surface area (Å²) in [6.07, 6.45) is 0.938. The number of hydrogen-bond acceptors (Lipinski definition) is 6. The summed E-state index contributed by atoms with van der Waals surface area (Å²) in [5.74, 6) is -0.111. The summed E-state index contributed by atoms with van der Waals surface area (Å²) in [7, 11) is 2.11. The number of thiazole rings is 1. The van der Waals surface area contributed by atoms with E-state index in [1.165, 1.54) is 16.2 Å². The molecule has 0 radical (unpaired) electrons. The molecule has 4 aromatic rings. The smallest absolute Gasteiger partial charge is 0.267 e. The van der Waals surface area contributed by atoms with Crippen LogP contribution in [-0.4, -0.2) is 39.2 Å². The van der Waals surface area contributed by atoms with Gasteiger partial charge in [0.15, 0.2) is 5.13 Å². The fraction of sp³-hybridized carbons (Fsp3) is 0.250. The van der Waals surface area contributed by atoms with Crippen LogP contribution >= 0.6 is 22.7 Å². The molecule has 0 bridgehead atoms. The Kier molecular flexibility index (Phi) is 4.26. The molecule has 6 nitrogen and oxygen atoms in total. The molecule has 3 aromatic heterocycles. The molecule has 0 unspecified atom stereocenters. The molecule has 1 aliphatic heterocycles. The molecule has 0 saturated heterocycles. The van der Waals surface area contributed by atoms with E-state index in [1.807, 2.05) is 48.0 Å². The monoisotopic (exact) mass is 409 g/mol. The Balaban J connectivity index is 1.44. The summed E-state index contributed by atoms with van der Waals surface area (Å²) >= 11 is 3.04. The number of aromatic nitrogens is 3. The van der Waals surface area contributed by atoms with Gasteiger partial charge >= 0.3 is 0 Å². The Morgan fingerprint density at radius 2 is 2.04 bits per heavy atom. The molecule has 0 aliphatic carbocycles. The van der Waals surface area contributed by atoms with Crippen LogP contribution in [0, 0.1) is 6.92 Å². The first kappa shape index (κ1) is 17.5. The minimum Gasteiger partial charge on any atom is -0.301 e. The lowest BCUT2D eigenvalue weighted by Gasteiger charge is -2.20. The lowest BCUT2D eigenvalue weighted by Crippen LogP contribution is -2.25. The van der Waals surface area contributed by atoms with Gasteiger partial charge in [0.05, 0.1) is 22.0 Å². The maximum absolute atomic E-state index is 12.8. The highest BCUT2D eigenvalue weighted by Crippen LogP contribution is 2.32. The van der Waals surface area contributed by atoms with E-state index in [0.717, 1.165) is 46.8 Å². The van der Waals surface area contributed by atoms with E-state index in [2.05, 4.69) is 27.3 Å². The molecule has 1 aliphatic rings. The number of thiophene rings is 1. The number of amides is 1. The van der Waals surface area contributed by atoms with Gasteiger partial charge in [0.2, 0.25) is 0 Å². The summed E-state index contributed by atoms with van der Waals surface area (Å²) in [5, 5.41) is 9.32. The first-order valence-corrected chi connectivity index (χ1v) is 10.7.